The van der Waals surface area contributed by atoms with Crippen molar-refractivity contribution in [3.8, 4) is 5.75 Å². The number of benzene rings is 2. The van der Waals surface area contributed by atoms with Gasteiger partial charge in [-0.2, -0.15) is 0 Å². The second kappa shape index (κ2) is 7.06. The minimum Gasteiger partial charge on any atom is -0.496 e. The van der Waals surface area contributed by atoms with Gasteiger partial charge in [0.2, 0.25) is 0 Å². The van der Waals surface area contributed by atoms with Crippen LogP contribution < -0.4 is 4.74 Å². The quantitative estimate of drug-likeness (QED) is 0.866. The molecule has 0 aliphatic rings. The smallest absolute Gasteiger partial charge is 0.132 e. The summed E-state index contributed by atoms with van der Waals surface area (Å²) in [6, 6.07) is 14.7. The van der Waals surface area contributed by atoms with Gasteiger partial charge in [0.05, 0.1) is 18.8 Å². The third kappa shape index (κ3) is 3.58. The van der Waals surface area contributed by atoms with Gasteiger partial charge < -0.3 is 9.84 Å². The van der Waals surface area contributed by atoms with Crippen molar-refractivity contribution in [1.82, 2.24) is 0 Å². The minimum atomic E-state index is -0.838. The SMILES string of the molecule is COc1cccc(F)c1C(O)CCCc1ccccc1. The molecule has 106 valence electrons. The molecule has 0 saturated heterocycles. The van der Waals surface area contributed by atoms with Crippen molar-refractivity contribution in [2.75, 3.05) is 7.11 Å². The highest BCUT2D eigenvalue weighted by Gasteiger charge is 2.17. The predicted molar refractivity (Wildman–Crippen MR) is 77.3 cm³/mol. The van der Waals surface area contributed by atoms with Crippen LogP contribution in [0.2, 0.25) is 0 Å². The Morgan fingerprint density at radius 1 is 1.10 bits per heavy atom. The van der Waals surface area contributed by atoms with Crippen LogP contribution in [0.4, 0.5) is 4.39 Å². The molecule has 20 heavy (non-hydrogen) atoms. The summed E-state index contributed by atoms with van der Waals surface area (Å²) >= 11 is 0. The first-order valence-corrected chi connectivity index (χ1v) is 6.76. The van der Waals surface area contributed by atoms with Gasteiger partial charge in [-0.05, 0) is 37.0 Å². The van der Waals surface area contributed by atoms with Gasteiger partial charge in [-0.3, -0.25) is 0 Å². The van der Waals surface area contributed by atoms with E-state index in [4.69, 9.17) is 4.74 Å². The van der Waals surface area contributed by atoms with Crippen molar-refractivity contribution in [2.24, 2.45) is 0 Å². The van der Waals surface area contributed by atoms with Crippen LogP contribution in [-0.4, -0.2) is 12.2 Å². The Balaban J connectivity index is 1.97. The van der Waals surface area contributed by atoms with E-state index in [1.54, 1.807) is 12.1 Å². The van der Waals surface area contributed by atoms with Crippen LogP contribution in [0.25, 0.3) is 0 Å². The molecule has 3 heteroatoms. The fourth-order valence-electron chi connectivity index (χ4n) is 2.31. The Kier molecular flexibility index (Phi) is 5.13. The molecule has 1 N–H and O–H groups in total. The fourth-order valence-corrected chi connectivity index (χ4v) is 2.31. The highest BCUT2D eigenvalue weighted by molar-refractivity contribution is 5.36. The highest BCUT2D eigenvalue weighted by atomic mass is 19.1. The molecule has 1 atom stereocenters. The van der Waals surface area contributed by atoms with Gasteiger partial charge >= 0.3 is 0 Å². The molecule has 2 rings (SSSR count). The standard InChI is InChI=1S/C17H19FO2/c1-20-16-12-6-10-14(18)17(16)15(19)11-5-9-13-7-3-2-4-8-13/h2-4,6-8,10,12,15,19H,5,9,11H2,1H3. The number of ether oxygens (including phenoxy) is 1. The van der Waals surface area contributed by atoms with Gasteiger partial charge in [0, 0.05) is 0 Å². The number of aliphatic hydroxyl groups excluding tert-OH is 1. The summed E-state index contributed by atoms with van der Waals surface area (Å²) in [5.74, 6) is -0.0197. The largest absolute Gasteiger partial charge is 0.496 e. The van der Waals surface area contributed by atoms with Gasteiger partial charge in [-0.25, -0.2) is 4.39 Å². The molecule has 0 aliphatic carbocycles. The van der Waals surface area contributed by atoms with E-state index >= 15 is 0 Å². The highest BCUT2D eigenvalue weighted by Crippen LogP contribution is 2.30. The van der Waals surface area contributed by atoms with Gasteiger partial charge in [0.15, 0.2) is 0 Å². The van der Waals surface area contributed by atoms with E-state index in [0.29, 0.717) is 12.2 Å². The molecule has 0 aliphatic heterocycles. The lowest BCUT2D eigenvalue weighted by Crippen LogP contribution is -2.04. The first-order chi connectivity index (χ1) is 9.72. The average molecular weight is 274 g/mol. The van der Waals surface area contributed by atoms with Gasteiger partial charge in [-0.1, -0.05) is 36.4 Å². The molecule has 0 heterocycles. The Labute approximate surface area is 118 Å². The monoisotopic (exact) mass is 274 g/mol. The topological polar surface area (TPSA) is 29.5 Å². The molecule has 0 bridgehead atoms. The van der Waals surface area contributed by atoms with Crippen molar-refractivity contribution in [3.05, 3.63) is 65.5 Å². The van der Waals surface area contributed by atoms with Crippen LogP contribution in [0.3, 0.4) is 0 Å². The van der Waals surface area contributed by atoms with Crippen molar-refractivity contribution in [3.63, 3.8) is 0 Å². The van der Waals surface area contributed by atoms with Crippen LogP contribution in [0.1, 0.15) is 30.1 Å². The Bertz CT molecular complexity index is 540. The summed E-state index contributed by atoms with van der Waals surface area (Å²) in [5, 5.41) is 10.2. The van der Waals surface area contributed by atoms with Gasteiger partial charge in [0.25, 0.3) is 0 Å². The molecule has 1 unspecified atom stereocenters. The maximum atomic E-state index is 13.8. The Hall–Kier alpha value is -1.87. The van der Waals surface area contributed by atoms with E-state index in [1.807, 2.05) is 18.2 Å². The normalized spacial score (nSPS) is 12.2. The average Bonchev–Trinajstić information content (AvgIpc) is 2.47. The van der Waals surface area contributed by atoms with E-state index in [2.05, 4.69) is 12.1 Å². The lowest BCUT2D eigenvalue weighted by Gasteiger charge is -2.15. The summed E-state index contributed by atoms with van der Waals surface area (Å²) in [6.45, 7) is 0. The van der Waals surface area contributed by atoms with Crippen molar-refractivity contribution < 1.29 is 14.2 Å². The molecule has 2 aromatic rings. The second-order valence-electron chi connectivity index (χ2n) is 4.75. The lowest BCUT2D eigenvalue weighted by atomic mass is 10.00. The number of aliphatic hydroxyl groups is 1. The molecule has 2 nitrogen and oxygen atoms in total. The number of halogens is 1. The van der Waals surface area contributed by atoms with Crippen LogP contribution in [0.5, 0.6) is 5.75 Å². The van der Waals surface area contributed by atoms with Crippen LogP contribution in [0, 0.1) is 5.82 Å². The summed E-state index contributed by atoms with van der Waals surface area (Å²) in [7, 11) is 1.48. The molecular formula is C17H19FO2. The summed E-state index contributed by atoms with van der Waals surface area (Å²) < 4.78 is 18.9. The van der Waals surface area contributed by atoms with E-state index in [9.17, 15) is 9.50 Å². The number of hydrogen-bond acceptors (Lipinski definition) is 2. The fraction of sp³-hybridized carbons (Fsp3) is 0.294. The Morgan fingerprint density at radius 3 is 2.55 bits per heavy atom. The lowest BCUT2D eigenvalue weighted by molar-refractivity contribution is 0.156. The second-order valence-corrected chi connectivity index (χ2v) is 4.75. The van der Waals surface area contributed by atoms with E-state index in [0.717, 1.165) is 12.8 Å². The third-order valence-electron chi connectivity index (χ3n) is 3.35. The van der Waals surface area contributed by atoms with Crippen molar-refractivity contribution >= 4 is 0 Å². The third-order valence-corrected chi connectivity index (χ3v) is 3.35. The molecular weight excluding hydrogens is 255 g/mol. The van der Waals surface area contributed by atoms with Gasteiger partial charge in [-0.15, -0.1) is 0 Å². The van der Waals surface area contributed by atoms with Crippen LogP contribution in [-0.2, 0) is 6.42 Å². The zero-order valence-corrected chi connectivity index (χ0v) is 11.6. The first kappa shape index (κ1) is 14.5. The van der Waals surface area contributed by atoms with Crippen LogP contribution in [0.15, 0.2) is 48.5 Å². The van der Waals surface area contributed by atoms with E-state index in [1.165, 1.54) is 18.7 Å². The maximum absolute atomic E-state index is 13.8. The molecule has 0 spiro atoms. The zero-order chi connectivity index (χ0) is 14.4. The summed E-state index contributed by atoms with van der Waals surface area (Å²) in [5.41, 5.74) is 1.48. The number of aryl methyl sites for hydroxylation is 1. The number of rotatable bonds is 6. The zero-order valence-electron chi connectivity index (χ0n) is 11.6. The van der Waals surface area contributed by atoms with Crippen molar-refractivity contribution in [2.45, 2.75) is 25.4 Å². The van der Waals surface area contributed by atoms with Crippen molar-refractivity contribution in [1.29, 1.82) is 0 Å². The molecule has 0 saturated carbocycles. The molecule has 0 amide bonds. The molecule has 0 radical (unpaired) electrons. The summed E-state index contributed by atoms with van der Waals surface area (Å²) in [4.78, 5) is 0. The molecule has 0 fully saturated rings. The van der Waals surface area contributed by atoms with E-state index < -0.39 is 11.9 Å². The summed E-state index contributed by atoms with van der Waals surface area (Å²) in [6.07, 6.45) is 1.33. The first-order valence-electron chi connectivity index (χ1n) is 6.76. The van der Waals surface area contributed by atoms with Gasteiger partial charge in [0.1, 0.15) is 11.6 Å². The van der Waals surface area contributed by atoms with E-state index in [-0.39, 0.29) is 5.56 Å². The maximum Gasteiger partial charge on any atom is 0.132 e. The number of methoxy groups -OCH3 is 1. The predicted octanol–water partition coefficient (Wildman–Crippen LogP) is 3.89. The van der Waals surface area contributed by atoms with Crippen LogP contribution >= 0.6 is 0 Å². The Morgan fingerprint density at radius 2 is 1.85 bits per heavy atom. The minimum absolute atomic E-state index is 0.253. The molecule has 0 aromatic heterocycles. The number of hydrogen-bond donors (Lipinski definition) is 1. The molecule has 2 aromatic carbocycles.